The Hall–Kier alpha value is -4.07. The number of aromatic nitrogens is 3. The molecule has 29 heavy (non-hydrogen) atoms. The van der Waals surface area contributed by atoms with Crippen molar-refractivity contribution >= 4 is 23.0 Å². The molecular weight excluding hydrogens is 373 g/mol. The van der Waals surface area contributed by atoms with Crippen LogP contribution in [-0.2, 0) is 6.54 Å². The largest absolute Gasteiger partial charge is 0.344 e. The second kappa shape index (κ2) is 7.89. The predicted octanol–water partition coefficient (Wildman–Crippen LogP) is 3.05. The molecule has 0 radical (unpaired) electrons. The van der Waals surface area contributed by atoms with Crippen molar-refractivity contribution in [2.45, 2.75) is 6.54 Å². The number of halogens is 1. The number of hydrogen-bond acceptors (Lipinski definition) is 4. The molecule has 0 aliphatic heterocycles. The lowest BCUT2D eigenvalue weighted by Crippen LogP contribution is -2.25. The maximum Gasteiger partial charge on any atom is 0.288 e. The number of para-hydroxylation sites is 1. The smallest absolute Gasteiger partial charge is 0.288 e. The Morgan fingerprint density at radius 3 is 2.55 bits per heavy atom. The first-order valence-corrected chi connectivity index (χ1v) is 8.84. The Morgan fingerprint density at radius 1 is 0.966 bits per heavy atom. The molecule has 3 heterocycles. The highest BCUT2D eigenvalue weighted by molar-refractivity contribution is 6.09. The maximum atomic E-state index is 13.9. The number of fused-ring (bicyclic) bond motifs is 1. The molecule has 144 valence electrons. The van der Waals surface area contributed by atoms with Crippen LogP contribution in [0.5, 0.6) is 0 Å². The number of rotatable bonds is 5. The minimum Gasteiger partial charge on any atom is -0.344 e. The SMILES string of the molecule is O=C(Nc1ccccc1F)c1nc(C(=O)NCc2ccccn2)n2ccccc12. The molecule has 0 aliphatic rings. The van der Waals surface area contributed by atoms with Crippen LogP contribution in [0.15, 0.2) is 73.1 Å². The summed E-state index contributed by atoms with van der Waals surface area (Å²) in [6.45, 7) is 0.220. The molecule has 0 unspecified atom stereocenters. The molecule has 0 spiro atoms. The minimum atomic E-state index is -0.609. The van der Waals surface area contributed by atoms with Crippen molar-refractivity contribution in [3.63, 3.8) is 0 Å². The Morgan fingerprint density at radius 2 is 1.76 bits per heavy atom. The van der Waals surface area contributed by atoms with Gasteiger partial charge in [0.1, 0.15) is 5.82 Å². The molecule has 2 N–H and O–H groups in total. The standard InChI is InChI=1S/C21H16FN5O2/c22-15-8-1-2-9-16(15)25-20(28)18-17-10-4-6-12-27(17)19(26-18)21(29)24-13-14-7-3-5-11-23-14/h1-12H,13H2,(H,24,29)(H,25,28). The van der Waals surface area contributed by atoms with Gasteiger partial charge < -0.3 is 10.6 Å². The van der Waals surface area contributed by atoms with Gasteiger partial charge in [0.05, 0.1) is 23.4 Å². The number of nitrogens with one attached hydrogen (secondary N) is 2. The molecular formula is C21H16FN5O2. The number of hydrogen-bond donors (Lipinski definition) is 2. The summed E-state index contributed by atoms with van der Waals surface area (Å²) in [7, 11) is 0. The van der Waals surface area contributed by atoms with Gasteiger partial charge in [-0.2, -0.15) is 0 Å². The summed E-state index contributed by atoms with van der Waals surface area (Å²) in [6, 6.07) is 16.4. The predicted molar refractivity (Wildman–Crippen MR) is 105 cm³/mol. The molecule has 2 amide bonds. The molecule has 0 saturated heterocycles. The third-order valence-electron chi connectivity index (χ3n) is 4.24. The topological polar surface area (TPSA) is 88.4 Å². The van der Waals surface area contributed by atoms with Crippen molar-refractivity contribution in [2.24, 2.45) is 0 Å². The summed E-state index contributed by atoms with van der Waals surface area (Å²) in [4.78, 5) is 33.7. The summed E-state index contributed by atoms with van der Waals surface area (Å²) >= 11 is 0. The van der Waals surface area contributed by atoms with Crippen LogP contribution >= 0.6 is 0 Å². The van der Waals surface area contributed by atoms with E-state index < -0.39 is 17.6 Å². The van der Waals surface area contributed by atoms with E-state index in [1.807, 2.05) is 6.07 Å². The van der Waals surface area contributed by atoms with Crippen LogP contribution in [0.3, 0.4) is 0 Å². The quantitative estimate of drug-likeness (QED) is 0.549. The minimum absolute atomic E-state index is 0.0249. The number of amides is 2. The molecule has 0 aliphatic carbocycles. The zero-order valence-corrected chi connectivity index (χ0v) is 15.2. The van der Waals surface area contributed by atoms with E-state index in [0.29, 0.717) is 11.2 Å². The molecule has 0 bridgehead atoms. The highest BCUT2D eigenvalue weighted by Crippen LogP contribution is 2.18. The van der Waals surface area contributed by atoms with E-state index in [1.54, 1.807) is 48.8 Å². The first kappa shape index (κ1) is 18.3. The van der Waals surface area contributed by atoms with Crippen molar-refractivity contribution < 1.29 is 14.0 Å². The van der Waals surface area contributed by atoms with Crippen molar-refractivity contribution in [3.05, 3.63) is 96.1 Å². The molecule has 0 saturated carbocycles. The number of anilines is 1. The fourth-order valence-corrected chi connectivity index (χ4v) is 2.86. The monoisotopic (exact) mass is 389 g/mol. The summed E-state index contributed by atoms with van der Waals surface area (Å²) in [5.41, 5.74) is 1.19. The molecule has 7 nitrogen and oxygen atoms in total. The van der Waals surface area contributed by atoms with Gasteiger partial charge in [0.25, 0.3) is 11.8 Å². The Bertz CT molecular complexity index is 1190. The highest BCUT2D eigenvalue weighted by Gasteiger charge is 2.22. The second-order valence-corrected chi connectivity index (χ2v) is 6.18. The first-order valence-electron chi connectivity index (χ1n) is 8.84. The van der Waals surface area contributed by atoms with Crippen LogP contribution in [0.1, 0.15) is 26.8 Å². The lowest BCUT2D eigenvalue weighted by atomic mass is 10.2. The summed E-state index contributed by atoms with van der Waals surface area (Å²) in [5, 5.41) is 5.24. The van der Waals surface area contributed by atoms with E-state index in [2.05, 4.69) is 20.6 Å². The lowest BCUT2D eigenvalue weighted by Gasteiger charge is -2.04. The Kier molecular flexibility index (Phi) is 4.98. The van der Waals surface area contributed by atoms with Crippen LogP contribution in [0.25, 0.3) is 5.52 Å². The Balaban J connectivity index is 1.62. The van der Waals surface area contributed by atoms with E-state index in [1.165, 1.54) is 22.6 Å². The van der Waals surface area contributed by atoms with Crippen molar-refractivity contribution in [2.75, 3.05) is 5.32 Å². The van der Waals surface area contributed by atoms with Gasteiger partial charge in [-0.05, 0) is 36.4 Å². The number of imidazole rings is 1. The molecule has 1 aromatic carbocycles. The van der Waals surface area contributed by atoms with E-state index in [-0.39, 0.29) is 23.8 Å². The summed E-state index contributed by atoms with van der Waals surface area (Å²) in [6.07, 6.45) is 3.27. The number of carbonyl (C=O) groups is 2. The van der Waals surface area contributed by atoms with Gasteiger partial charge in [0.2, 0.25) is 5.82 Å². The van der Waals surface area contributed by atoms with E-state index in [0.717, 1.165) is 0 Å². The normalized spacial score (nSPS) is 10.7. The van der Waals surface area contributed by atoms with Gasteiger partial charge in [0.15, 0.2) is 5.69 Å². The van der Waals surface area contributed by atoms with Crippen LogP contribution in [-0.4, -0.2) is 26.2 Å². The molecule has 4 aromatic rings. The highest BCUT2D eigenvalue weighted by atomic mass is 19.1. The van der Waals surface area contributed by atoms with Gasteiger partial charge in [-0.25, -0.2) is 9.37 Å². The summed E-state index contributed by atoms with van der Waals surface area (Å²) in [5.74, 6) is -1.57. The van der Waals surface area contributed by atoms with E-state index >= 15 is 0 Å². The second-order valence-electron chi connectivity index (χ2n) is 6.18. The molecule has 4 rings (SSSR count). The fraction of sp³-hybridized carbons (Fsp3) is 0.0476. The third-order valence-corrected chi connectivity index (χ3v) is 4.24. The fourth-order valence-electron chi connectivity index (χ4n) is 2.86. The first-order chi connectivity index (χ1) is 14.1. The molecule has 8 heteroatoms. The molecule has 0 fully saturated rings. The maximum absolute atomic E-state index is 13.9. The average molecular weight is 389 g/mol. The average Bonchev–Trinajstić information content (AvgIpc) is 3.14. The van der Waals surface area contributed by atoms with Crippen molar-refractivity contribution in [1.82, 2.24) is 19.7 Å². The van der Waals surface area contributed by atoms with Crippen LogP contribution < -0.4 is 10.6 Å². The Labute approximate surface area is 165 Å². The van der Waals surface area contributed by atoms with Crippen LogP contribution in [0.2, 0.25) is 0 Å². The van der Waals surface area contributed by atoms with Gasteiger partial charge in [-0.1, -0.05) is 24.3 Å². The van der Waals surface area contributed by atoms with Gasteiger partial charge in [0, 0.05) is 12.4 Å². The van der Waals surface area contributed by atoms with E-state index in [4.69, 9.17) is 0 Å². The van der Waals surface area contributed by atoms with Crippen molar-refractivity contribution in [1.29, 1.82) is 0 Å². The third kappa shape index (κ3) is 3.81. The van der Waals surface area contributed by atoms with Gasteiger partial charge in [-0.15, -0.1) is 0 Å². The zero-order chi connectivity index (χ0) is 20.2. The lowest BCUT2D eigenvalue weighted by molar-refractivity contribution is 0.0939. The number of nitrogens with zero attached hydrogens (tertiary/aromatic N) is 3. The summed E-state index contributed by atoms with van der Waals surface area (Å²) < 4.78 is 15.4. The van der Waals surface area contributed by atoms with Crippen LogP contribution in [0.4, 0.5) is 10.1 Å². The number of carbonyl (C=O) groups excluding carboxylic acids is 2. The molecule has 3 aromatic heterocycles. The van der Waals surface area contributed by atoms with Gasteiger partial charge >= 0.3 is 0 Å². The molecule has 0 atom stereocenters. The van der Waals surface area contributed by atoms with Crippen molar-refractivity contribution in [3.8, 4) is 0 Å². The van der Waals surface area contributed by atoms with Gasteiger partial charge in [-0.3, -0.25) is 19.0 Å². The van der Waals surface area contributed by atoms with E-state index in [9.17, 15) is 14.0 Å². The number of pyridine rings is 2. The number of benzene rings is 1. The van der Waals surface area contributed by atoms with Crippen LogP contribution in [0, 0.1) is 5.82 Å². The zero-order valence-electron chi connectivity index (χ0n) is 15.2.